The van der Waals surface area contributed by atoms with E-state index >= 15 is 0 Å². The number of fused-ring (bicyclic) bond motifs is 2. The maximum Gasteiger partial charge on any atom is 0.335 e. The molecule has 2 fully saturated rings. The minimum atomic E-state index is -1.14. The number of imidazole rings is 1. The Morgan fingerprint density at radius 1 is 1.30 bits per heavy atom. The van der Waals surface area contributed by atoms with Crippen LogP contribution in [-0.4, -0.2) is 54.7 Å². The molecule has 4 atom stereocenters. The van der Waals surface area contributed by atoms with E-state index in [1.807, 2.05) is 0 Å². The van der Waals surface area contributed by atoms with Gasteiger partial charge in [0.15, 0.2) is 28.9 Å². The Balaban J connectivity index is 1.78. The number of aliphatic carboxylic acids is 1. The van der Waals surface area contributed by atoms with Gasteiger partial charge in [0.05, 0.1) is 6.33 Å². The zero-order valence-electron chi connectivity index (χ0n) is 12.2. The molecule has 2 saturated heterocycles. The quantitative estimate of drug-likeness (QED) is 0.806. The first-order valence-electron chi connectivity index (χ1n) is 6.94. The molecule has 0 bridgehead atoms. The van der Waals surface area contributed by atoms with Crippen LogP contribution in [0.5, 0.6) is 0 Å². The Labute approximate surface area is 135 Å². The Morgan fingerprint density at radius 2 is 2.04 bits per heavy atom. The van der Waals surface area contributed by atoms with E-state index in [2.05, 4.69) is 15.0 Å². The first-order valence-corrected chi connectivity index (χ1v) is 7.32. The summed E-state index contributed by atoms with van der Waals surface area (Å²) in [5, 5.41) is 9.58. The van der Waals surface area contributed by atoms with E-state index < -0.39 is 36.3 Å². The van der Waals surface area contributed by atoms with Crippen LogP contribution in [0.2, 0.25) is 5.15 Å². The summed E-state index contributed by atoms with van der Waals surface area (Å²) in [6.07, 6.45) is -0.411. The molecular formula is C13H13ClN4O5. The fourth-order valence-electron chi connectivity index (χ4n) is 3.01. The molecule has 122 valence electrons. The molecule has 0 amide bonds. The summed E-state index contributed by atoms with van der Waals surface area (Å²) >= 11 is 5.99. The number of ether oxygens (including phenoxy) is 3. The third-order valence-electron chi connectivity index (χ3n) is 3.86. The summed E-state index contributed by atoms with van der Waals surface area (Å²) in [5.41, 5.74) is 0.847. The van der Waals surface area contributed by atoms with Crippen molar-refractivity contribution >= 4 is 28.7 Å². The molecule has 2 aromatic rings. The SMILES string of the molecule is CC1(C)OC2C(O1)[C@H](n1cnc3c(Cl)ncnc31)O[C@@H]2C(=O)O. The van der Waals surface area contributed by atoms with Crippen molar-refractivity contribution in [3.63, 3.8) is 0 Å². The second kappa shape index (κ2) is 4.84. The highest BCUT2D eigenvalue weighted by Gasteiger charge is 2.58. The van der Waals surface area contributed by atoms with Crippen LogP contribution >= 0.6 is 11.6 Å². The van der Waals surface area contributed by atoms with Gasteiger partial charge in [0, 0.05) is 0 Å². The molecule has 4 rings (SSSR count). The van der Waals surface area contributed by atoms with Crippen LogP contribution in [0.1, 0.15) is 20.1 Å². The van der Waals surface area contributed by atoms with Gasteiger partial charge in [-0.05, 0) is 13.8 Å². The number of carboxylic acids is 1. The summed E-state index contributed by atoms with van der Waals surface area (Å²) < 4.78 is 18.8. The van der Waals surface area contributed by atoms with E-state index in [1.165, 1.54) is 12.7 Å². The predicted molar refractivity (Wildman–Crippen MR) is 75.7 cm³/mol. The first-order chi connectivity index (χ1) is 10.9. The fraction of sp³-hybridized carbons (Fsp3) is 0.538. The zero-order valence-corrected chi connectivity index (χ0v) is 13.0. The lowest BCUT2D eigenvalue weighted by Gasteiger charge is -2.23. The topological polar surface area (TPSA) is 109 Å². The molecule has 1 N–H and O–H groups in total. The third kappa shape index (κ3) is 2.19. The standard InChI is InChI=1S/C13H13ClN4O5/c1-13(2)22-6-7(23-13)11(21-8(6)12(19)20)18-4-17-5-9(14)15-3-16-10(5)18/h3-4,6-8,11H,1-2H3,(H,19,20)/t6?,7?,8-,11+/m0/s1. The van der Waals surface area contributed by atoms with Crippen LogP contribution in [0, 0.1) is 0 Å². The lowest BCUT2D eigenvalue weighted by atomic mass is 10.1. The lowest BCUT2D eigenvalue weighted by Crippen LogP contribution is -2.35. The van der Waals surface area contributed by atoms with Gasteiger partial charge in [-0.2, -0.15) is 0 Å². The fourth-order valence-corrected chi connectivity index (χ4v) is 3.19. The van der Waals surface area contributed by atoms with Gasteiger partial charge in [0.2, 0.25) is 0 Å². The number of hydrogen-bond acceptors (Lipinski definition) is 7. The summed E-state index contributed by atoms with van der Waals surface area (Å²) in [6.45, 7) is 3.46. The number of nitrogens with zero attached hydrogens (tertiary/aromatic N) is 4. The number of carbonyl (C=O) groups is 1. The molecule has 4 heterocycles. The Bertz CT molecular complexity index is 794. The van der Waals surface area contributed by atoms with E-state index in [4.69, 9.17) is 25.8 Å². The monoisotopic (exact) mass is 340 g/mol. The molecule has 0 aromatic carbocycles. The molecule has 2 aliphatic rings. The third-order valence-corrected chi connectivity index (χ3v) is 4.14. The van der Waals surface area contributed by atoms with Crippen molar-refractivity contribution in [2.45, 2.75) is 44.2 Å². The second-order valence-corrected chi connectivity index (χ2v) is 6.20. The van der Waals surface area contributed by atoms with Crippen LogP contribution < -0.4 is 0 Å². The van der Waals surface area contributed by atoms with Gasteiger partial charge in [-0.1, -0.05) is 11.6 Å². The molecule has 2 aliphatic heterocycles. The molecule has 2 unspecified atom stereocenters. The smallest absolute Gasteiger partial charge is 0.335 e. The highest BCUT2D eigenvalue weighted by molar-refractivity contribution is 6.33. The van der Waals surface area contributed by atoms with Crippen molar-refractivity contribution < 1.29 is 24.1 Å². The molecule has 23 heavy (non-hydrogen) atoms. The van der Waals surface area contributed by atoms with E-state index in [-0.39, 0.29) is 5.15 Å². The minimum Gasteiger partial charge on any atom is -0.479 e. The van der Waals surface area contributed by atoms with Crippen molar-refractivity contribution in [1.82, 2.24) is 19.5 Å². The van der Waals surface area contributed by atoms with E-state index in [0.29, 0.717) is 11.2 Å². The van der Waals surface area contributed by atoms with Gasteiger partial charge in [0.1, 0.15) is 24.1 Å². The number of rotatable bonds is 2. The maximum absolute atomic E-state index is 11.5. The molecule has 2 aromatic heterocycles. The van der Waals surface area contributed by atoms with Gasteiger partial charge in [0.25, 0.3) is 0 Å². The molecule has 9 nitrogen and oxygen atoms in total. The number of hydrogen-bond donors (Lipinski definition) is 1. The van der Waals surface area contributed by atoms with E-state index in [9.17, 15) is 9.90 Å². The van der Waals surface area contributed by atoms with E-state index in [1.54, 1.807) is 18.4 Å². The van der Waals surface area contributed by atoms with Crippen LogP contribution in [0.4, 0.5) is 0 Å². The number of halogens is 1. The first kappa shape index (κ1) is 14.8. The van der Waals surface area contributed by atoms with Crippen molar-refractivity contribution in [3.05, 3.63) is 17.8 Å². The van der Waals surface area contributed by atoms with Gasteiger partial charge in [-0.25, -0.2) is 19.7 Å². The van der Waals surface area contributed by atoms with Gasteiger partial charge in [-0.3, -0.25) is 4.57 Å². The summed E-state index contributed by atoms with van der Waals surface area (Å²) in [4.78, 5) is 23.6. The van der Waals surface area contributed by atoms with Crippen LogP contribution in [-0.2, 0) is 19.0 Å². The van der Waals surface area contributed by atoms with Crippen molar-refractivity contribution in [1.29, 1.82) is 0 Å². The Hall–Kier alpha value is -1.81. The summed E-state index contributed by atoms with van der Waals surface area (Å²) in [5.74, 6) is -2.01. The molecular weight excluding hydrogens is 328 g/mol. The molecule has 0 radical (unpaired) electrons. The van der Waals surface area contributed by atoms with E-state index in [0.717, 1.165) is 0 Å². The summed E-state index contributed by atoms with van der Waals surface area (Å²) in [6, 6.07) is 0. The Kier molecular flexibility index (Phi) is 3.11. The largest absolute Gasteiger partial charge is 0.479 e. The van der Waals surface area contributed by atoms with Gasteiger partial charge in [-0.15, -0.1) is 0 Å². The number of carboxylic acid groups (broad SMARTS) is 1. The average Bonchev–Trinajstić information content (AvgIpc) is 3.09. The average molecular weight is 341 g/mol. The number of aromatic nitrogens is 4. The van der Waals surface area contributed by atoms with Crippen LogP contribution in [0.15, 0.2) is 12.7 Å². The molecule has 10 heteroatoms. The van der Waals surface area contributed by atoms with Crippen molar-refractivity contribution in [3.8, 4) is 0 Å². The second-order valence-electron chi connectivity index (χ2n) is 5.84. The van der Waals surface area contributed by atoms with Crippen molar-refractivity contribution in [2.75, 3.05) is 0 Å². The molecule has 0 spiro atoms. The Morgan fingerprint density at radius 3 is 2.78 bits per heavy atom. The highest BCUT2D eigenvalue weighted by atomic mass is 35.5. The van der Waals surface area contributed by atoms with Crippen molar-refractivity contribution in [2.24, 2.45) is 0 Å². The molecule has 0 aliphatic carbocycles. The van der Waals surface area contributed by atoms with Crippen LogP contribution in [0.25, 0.3) is 11.2 Å². The normalized spacial score (nSPS) is 32.3. The van der Waals surface area contributed by atoms with Gasteiger partial charge >= 0.3 is 5.97 Å². The summed E-state index contributed by atoms with van der Waals surface area (Å²) in [7, 11) is 0. The predicted octanol–water partition coefficient (Wildman–Crippen LogP) is 0.982. The van der Waals surface area contributed by atoms with Crippen LogP contribution in [0.3, 0.4) is 0 Å². The highest BCUT2D eigenvalue weighted by Crippen LogP contribution is 2.43. The van der Waals surface area contributed by atoms with Gasteiger partial charge < -0.3 is 19.3 Å². The lowest BCUT2D eigenvalue weighted by molar-refractivity contribution is -0.202. The minimum absolute atomic E-state index is 0.210. The zero-order chi connectivity index (χ0) is 16.4. The molecule has 0 saturated carbocycles. The maximum atomic E-state index is 11.5.